The van der Waals surface area contributed by atoms with Crippen molar-refractivity contribution in [2.45, 2.75) is 50.2 Å². The third-order valence-electron chi connectivity index (χ3n) is 9.13. The van der Waals surface area contributed by atoms with E-state index in [1.165, 1.54) is 11.1 Å². The number of nitrogens with zero attached hydrogens (tertiary/aromatic N) is 3. The highest BCUT2D eigenvalue weighted by Gasteiger charge is 2.49. The standard InChI is InChI=1S/C28H38N6O/c1-18(19-6-4-3-5-7-19)22-14-21-15-23-25(17-24(21)30-28(22)35)31-32-27(23)20-8-9-29-26(16-20)34-12-10-33(2)11-13-34/h3-9,16,18,21-25,27,31-32H,10-15,17H2,1-2H3,(H,30,35). The number of hydrogen-bond donors (Lipinski definition) is 3. The molecule has 4 aliphatic rings. The number of anilines is 1. The van der Waals surface area contributed by atoms with Gasteiger partial charge < -0.3 is 15.1 Å². The SMILES string of the molecule is CC(c1ccccc1)C1CC2CC3C(CC2NC1=O)NNC3c1ccnc(N2CCN(C)CC2)c1. The van der Waals surface area contributed by atoms with E-state index < -0.39 is 0 Å². The molecule has 35 heavy (non-hydrogen) atoms. The van der Waals surface area contributed by atoms with Gasteiger partial charge in [-0.25, -0.2) is 10.4 Å². The minimum atomic E-state index is 0.0423. The van der Waals surface area contributed by atoms with Gasteiger partial charge in [0.1, 0.15) is 5.82 Å². The van der Waals surface area contributed by atoms with Crippen LogP contribution < -0.4 is 21.1 Å². The molecule has 0 bridgehead atoms. The average molecular weight is 475 g/mol. The number of carbonyl (C=O) groups is 1. The molecule has 7 heteroatoms. The fourth-order valence-corrected chi connectivity index (χ4v) is 6.90. The van der Waals surface area contributed by atoms with Crippen molar-refractivity contribution in [1.82, 2.24) is 26.1 Å². The van der Waals surface area contributed by atoms with Crippen molar-refractivity contribution < 1.29 is 4.79 Å². The van der Waals surface area contributed by atoms with E-state index in [0.717, 1.165) is 51.3 Å². The summed E-state index contributed by atoms with van der Waals surface area (Å²) in [6, 6.07) is 15.9. The number of piperazine rings is 1. The minimum Gasteiger partial charge on any atom is -0.354 e. The lowest BCUT2D eigenvalue weighted by molar-refractivity contribution is -0.131. The summed E-state index contributed by atoms with van der Waals surface area (Å²) in [6.07, 6.45) is 5.07. The fraction of sp³-hybridized carbons (Fsp3) is 0.571. The van der Waals surface area contributed by atoms with Gasteiger partial charge in [-0.2, -0.15) is 0 Å². The predicted molar refractivity (Wildman–Crippen MR) is 138 cm³/mol. The molecule has 0 radical (unpaired) electrons. The van der Waals surface area contributed by atoms with Crippen LogP contribution in [-0.2, 0) is 4.79 Å². The summed E-state index contributed by atoms with van der Waals surface area (Å²) in [5, 5.41) is 3.41. The van der Waals surface area contributed by atoms with Crippen LogP contribution in [-0.4, -0.2) is 61.1 Å². The van der Waals surface area contributed by atoms with E-state index in [4.69, 9.17) is 4.98 Å². The van der Waals surface area contributed by atoms with E-state index in [2.05, 4.69) is 76.3 Å². The van der Waals surface area contributed by atoms with Gasteiger partial charge in [-0.15, -0.1) is 0 Å². The lowest BCUT2D eigenvalue weighted by Crippen LogP contribution is -2.56. The second kappa shape index (κ2) is 9.52. The first kappa shape index (κ1) is 23.0. The number of pyridine rings is 1. The van der Waals surface area contributed by atoms with Crippen LogP contribution >= 0.6 is 0 Å². The van der Waals surface area contributed by atoms with Crippen LogP contribution in [0.5, 0.6) is 0 Å². The zero-order valence-electron chi connectivity index (χ0n) is 20.9. The molecule has 3 saturated heterocycles. The number of amides is 1. The number of likely N-dealkylation sites (N-methyl/N-ethyl adjacent to an activating group) is 1. The molecule has 1 saturated carbocycles. The van der Waals surface area contributed by atoms with E-state index in [-0.39, 0.29) is 29.8 Å². The molecule has 6 rings (SSSR count). The number of carbonyl (C=O) groups excluding carboxylic acids is 1. The Morgan fingerprint density at radius 2 is 1.77 bits per heavy atom. The second-order valence-corrected chi connectivity index (χ2v) is 11.2. The molecule has 3 N–H and O–H groups in total. The third-order valence-corrected chi connectivity index (χ3v) is 9.13. The molecular weight excluding hydrogens is 436 g/mol. The van der Waals surface area contributed by atoms with Crippen LogP contribution in [0.2, 0.25) is 0 Å². The molecule has 0 spiro atoms. The summed E-state index contributed by atoms with van der Waals surface area (Å²) < 4.78 is 0. The molecular formula is C28H38N6O. The Labute approximate surface area is 208 Å². The lowest BCUT2D eigenvalue weighted by atomic mass is 9.66. The van der Waals surface area contributed by atoms with Crippen LogP contribution in [0.3, 0.4) is 0 Å². The maximum absolute atomic E-state index is 13.1. The summed E-state index contributed by atoms with van der Waals surface area (Å²) >= 11 is 0. The Bertz CT molecular complexity index is 1040. The molecule has 186 valence electrons. The maximum atomic E-state index is 13.1. The topological polar surface area (TPSA) is 72.5 Å². The first-order valence-corrected chi connectivity index (χ1v) is 13.3. The van der Waals surface area contributed by atoms with Crippen LogP contribution in [0.15, 0.2) is 48.7 Å². The Morgan fingerprint density at radius 1 is 0.971 bits per heavy atom. The normalized spacial score (nSPS) is 34.1. The monoisotopic (exact) mass is 474 g/mol. The molecule has 3 aliphatic heterocycles. The first-order chi connectivity index (χ1) is 17.1. The van der Waals surface area contributed by atoms with Crippen molar-refractivity contribution in [2.24, 2.45) is 17.8 Å². The number of fused-ring (bicyclic) bond motifs is 2. The summed E-state index contributed by atoms with van der Waals surface area (Å²) in [6.45, 7) is 6.43. The van der Waals surface area contributed by atoms with Gasteiger partial charge in [-0.3, -0.25) is 10.2 Å². The highest BCUT2D eigenvalue weighted by atomic mass is 16.2. The zero-order valence-corrected chi connectivity index (χ0v) is 20.9. The van der Waals surface area contributed by atoms with Crippen molar-refractivity contribution in [2.75, 3.05) is 38.1 Å². The largest absolute Gasteiger partial charge is 0.354 e. The number of rotatable bonds is 4. The van der Waals surface area contributed by atoms with Gasteiger partial charge >= 0.3 is 0 Å². The Hall–Kier alpha value is -2.48. The van der Waals surface area contributed by atoms with Crippen molar-refractivity contribution in [1.29, 1.82) is 0 Å². The van der Waals surface area contributed by atoms with E-state index in [1.807, 2.05) is 12.3 Å². The Morgan fingerprint density at radius 3 is 2.57 bits per heavy atom. The summed E-state index contributed by atoms with van der Waals surface area (Å²) in [5.74, 6) is 2.64. The van der Waals surface area contributed by atoms with E-state index in [9.17, 15) is 4.79 Å². The number of piperidine rings is 1. The quantitative estimate of drug-likeness (QED) is 0.633. The summed E-state index contributed by atoms with van der Waals surface area (Å²) in [7, 11) is 2.19. The highest BCUT2D eigenvalue weighted by molar-refractivity contribution is 5.81. The number of nitrogens with one attached hydrogen (secondary N) is 3. The summed E-state index contributed by atoms with van der Waals surface area (Å²) in [5.41, 5.74) is 9.77. The first-order valence-electron chi connectivity index (χ1n) is 13.3. The van der Waals surface area contributed by atoms with Gasteiger partial charge in [0.05, 0.1) is 6.04 Å². The van der Waals surface area contributed by atoms with Crippen LogP contribution in [0, 0.1) is 17.8 Å². The molecule has 4 heterocycles. The van der Waals surface area contributed by atoms with E-state index in [0.29, 0.717) is 17.9 Å². The van der Waals surface area contributed by atoms with Crippen LogP contribution in [0.4, 0.5) is 5.82 Å². The molecule has 1 aliphatic carbocycles. The zero-order chi connectivity index (χ0) is 23.9. The molecule has 2 aromatic rings. The predicted octanol–water partition coefficient (Wildman–Crippen LogP) is 2.69. The number of hydrazine groups is 1. The minimum absolute atomic E-state index is 0.0423. The van der Waals surface area contributed by atoms with Gasteiger partial charge in [-0.1, -0.05) is 37.3 Å². The van der Waals surface area contributed by atoms with Gasteiger partial charge in [0.25, 0.3) is 0 Å². The molecule has 7 unspecified atom stereocenters. The average Bonchev–Trinajstić information content (AvgIpc) is 3.30. The molecule has 1 aromatic heterocycles. The molecule has 1 aromatic carbocycles. The van der Waals surface area contributed by atoms with Crippen molar-refractivity contribution >= 4 is 11.7 Å². The highest BCUT2D eigenvalue weighted by Crippen LogP contribution is 2.46. The van der Waals surface area contributed by atoms with Crippen molar-refractivity contribution in [3.05, 3.63) is 59.8 Å². The lowest BCUT2D eigenvalue weighted by Gasteiger charge is -2.45. The van der Waals surface area contributed by atoms with Crippen LogP contribution in [0.1, 0.15) is 49.3 Å². The molecule has 7 nitrogen and oxygen atoms in total. The third kappa shape index (κ3) is 4.46. The Kier molecular flexibility index (Phi) is 6.25. The van der Waals surface area contributed by atoms with Gasteiger partial charge in [-0.05, 0) is 67.3 Å². The Balaban J connectivity index is 1.17. The van der Waals surface area contributed by atoms with Crippen molar-refractivity contribution in [3.63, 3.8) is 0 Å². The number of aromatic nitrogens is 1. The van der Waals surface area contributed by atoms with Gasteiger partial charge in [0.15, 0.2) is 0 Å². The van der Waals surface area contributed by atoms with Gasteiger partial charge in [0, 0.05) is 50.4 Å². The van der Waals surface area contributed by atoms with Gasteiger partial charge in [0.2, 0.25) is 5.91 Å². The van der Waals surface area contributed by atoms with Crippen molar-refractivity contribution in [3.8, 4) is 0 Å². The molecule has 1 amide bonds. The maximum Gasteiger partial charge on any atom is 0.223 e. The van der Waals surface area contributed by atoms with Crippen LogP contribution in [0.25, 0.3) is 0 Å². The van der Waals surface area contributed by atoms with E-state index in [1.54, 1.807) is 0 Å². The second-order valence-electron chi connectivity index (χ2n) is 11.2. The summed E-state index contributed by atoms with van der Waals surface area (Å²) in [4.78, 5) is 22.6. The van der Waals surface area contributed by atoms with E-state index >= 15 is 0 Å². The molecule has 7 atom stereocenters. The molecule has 4 fully saturated rings. The smallest absolute Gasteiger partial charge is 0.223 e. The number of benzene rings is 1. The number of hydrogen-bond acceptors (Lipinski definition) is 6. The fourth-order valence-electron chi connectivity index (χ4n) is 6.90.